The fourth-order valence-electron chi connectivity index (χ4n) is 11.3. The molecule has 70 heavy (non-hydrogen) atoms. The molecule has 0 unspecified atom stereocenters. The Balaban J connectivity index is 1.08. The van der Waals surface area contributed by atoms with Crippen molar-refractivity contribution >= 4 is 96.5 Å². The Morgan fingerprint density at radius 2 is 0.514 bits per heavy atom. The topological polar surface area (TPSA) is 8.17 Å². The van der Waals surface area contributed by atoms with E-state index in [9.17, 15) is 0 Å². The molecule has 0 bridgehead atoms. The van der Waals surface area contributed by atoms with Crippen LogP contribution >= 0.6 is 0 Å². The molecule has 0 aliphatic heterocycles. The van der Waals surface area contributed by atoms with Gasteiger partial charge in [-0.2, -0.15) is 0 Å². The van der Waals surface area contributed by atoms with Gasteiger partial charge in [-0.25, -0.2) is 0 Å². The first-order chi connectivity index (χ1) is 34.7. The van der Waals surface area contributed by atoms with Gasteiger partial charge in [-0.1, -0.05) is 249 Å². The summed E-state index contributed by atoms with van der Waals surface area (Å²) in [6.07, 6.45) is 0. The molecule has 4 heteroatoms. The van der Waals surface area contributed by atoms with Gasteiger partial charge in [0.25, 0.3) is 0 Å². The lowest BCUT2D eigenvalue weighted by Crippen LogP contribution is -2.74. The second-order valence-electron chi connectivity index (χ2n) is 18.0. The molecule has 1 aromatic heterocycles. The van der Waals surface area contributed by atoms with Crippen molar-refractivity contribution in [1.29, 1.82) is 0 Å². The summed E-state index contributed by atoms with van der Waals surface area (Å²) in [4.78, 5) is 2.45. The summed E-state index contributed by atoms with van der Waals surface area (Å²) in [5.41, 5.74) is 6.76. The summed E-state index contributed by atoms with van der Waals surface area (Å²) >= 11 is 0. The summed E-state index contributed by atoms with van der Waals surface area (Å²) < 4.78 is 2.41. The molecule has 2 nitrogen and oxygen atoms in total. The van der Waals surface area contributed by atoms with Crippen molar-refractivity contribution < 1.29 is 0 Å². The van der Waals surface area contributed by atoms with Crippen LogP contribution in [-0.4, -0.2) is 20.7 Å². The molecule has 0 aliphatic rings. The molecule has 0 amide bonds. The monoisotopic (exact) mass is 926 g/mol. The van der Waals surface area contributed by atoms with Crippen LogP contribution in [0.4, 0.5) is 17.1 Å². The maximum absolute atomic E-state index is 2.76. The number of nitrogens with zero attached hydrogens (tertiary/aromatic N) is 2. The largest absolute Gasteiger partial charge is 0.310 e. The molecule has 332 valence electrons. The summed E-state index contributed by atoms with van der Waals surface area (Å²) in [6.45, 7) is 0. The lowest BCUT2D eigenvalue weighted by molar-refractivity contribution is 1.18. The van der Waals surface area contributed by atoms with Crippen LogP contribution in [-0.2, 0) is 0 Å². The number of fused-ring (bicyclic) bond motifs is 3. The van der Waals surface area contributed by atoms with Gasteiger partial charge < -0.3 is 9.47 Å². The first-order valence-electron chi connectivity index (χ1n) is 24.2. The van der Waals surface area contributed by atoms with E-state index in [1.807, 2.05) is 0 Å². The molecule has 0 radical (unpaired) electrons. The highest BCUT2D eigenvalue weighted by atomic mass is 28.3. The highest BCUT2D eigenvalue weighted by Gasteiger charge is 2.43. The van der Waals surface area contributed by atoms with Crippen molar-refractivity contribution in [3.8, 4) is 5.69 Å². The number of hydrogen-bond acceptors (Lipinski definition) is 1. The van der Waals surface area contributed by atoms with E-state index in [0.29, 0.717) is 0 Å². The van der Waals surface area contributed by atoms with Crippen LogP contribution in [0.2, 0.25) is 0 Å². The number of rotatable bonds is 12. The molecular weight excluding hydrogens is 877 g/mol. The quantitative estimate of drug-likeness (QED) is 0.0876. The van der Waals surface area contributed by atoms with Gasteiger partial charge in [0, 0.05) is 33.5 Å². The summed E-state index contributed by atoms with van der Waals surface area (Å²) in [5, 5.41) is 13.3. The van der Waals surface area contributed by atoms with Crippen LogP contribution < -0.4 is 46.4 Å². The van der Waals surface area contributed by atoms with E-state index in [2.05, 4.69) is 313 Å². The molecule has 0 saturated heterocycles. The highest BCUT2D eigenvalue weighted by molar-refractivity contribution is 7.20. The van der Waals surface area contributed by atoms with E-state index >= 15 is 0 Å². The molecule has 0 spiro atoms. The Kier molecular flexibility index (Phi) is 11.3. The van der Waals surface area contributed by atoms with Gasteiger partial charge in [0.05, 0.1) is 11.0 Å². The smallest absolute Gasteiger partial charge is 0.179 e. The van der Waals surface area contributed by atoms with Crippen LogP contribution in [0, 0.1) is 0 Å². The second kappa shape index (κ2) is 18.5. The maximum atomic E-state index is 2.45. The van der Waals surface area contributed by atoms with E-state index in [-0.39, 0.29) is 0 Å². The van der Waals surface area contributed by atoms with Crippen molar-refractivity contribution in [1.82, 2.24) is 4.57 Å². The average molecular weight is 927 g/mol. The van der Waals surface area contributed by atoms with Crippen LogP contribution in [0.1, 0.15) is 0 Å². The molecule has 0 saturated carbocycles. The van der Waals surface area contributed by atoms with Gasteiger partial charge in [0.15, 0.2) is 16.1 Å². The van der Waals surface area contributed by atoms with Crippen LogP contribution in [0.15, 0.2) is 303 Å². The van der Waals surface area contributed by atoms with Gasteiger partial charge in [-0.3, -0.25) is 0 Å². The number of para-hydroxylation sites is 2. The minimum Gasteiger partial charge on any atom is -0.310 e. The normalized spacial score (nSPS) is 11.7. The van der Waals surface area contributed by atoms with E-state index in [1.54, 1.807) is 0 Å². The molecule has 0 atom stereocenters. The Morgan fingerprint density at radius 3 is 0.886 bits per heavy atom. The Bertz CT molecular complexity index is 3300. The number of anilines is 3. The zero-order valence-electron chi connectivity index (χ0n) is 38.8. The van der Waals surface area contributed by atoms with Crippen LogP contribution in [0.25, 0.3) is 27.5 Å². The van der Waals surface area contributed by atoms with Crippen molar-refractivity contribution in [2.45, 2.75) is 0 Å². The summed E-state index contributed by atoms with van der Waals surface area (Å²) in [6, 6.07) is 113. The number of aromatic nitrogens is 1. The highest BCUT2D eigenvalue weighted by Crippen LogP contribution is 2.39. The molecule has 0 fully saturated rings. The summed E-state index contributed by atoms with van der Waals surface area (Å²) in [7, 11) is -5.52. The van der Waals surface area contributed by atoms with E-state index < -0.39 is 16.1 Å². The van der Waals surface area contributed by atoms with E-state index in [1.165, 1.54) is 57.8 Å². The van der Waals surface area contributed by atoms with Gasteiger partial charge >= 0.3 is 0 Å². The Labute approximate surface area is 412 Å². The Hall–Kier alpha value is -8.55. The van der Waals surface area contributed by atoms with Crippen LogP contribution in [0.5, 0.6) is 0 Å². The lowest BCUT2D eigenvalue weighted by atomic mass is 10.1. The van der Waals surface area contributed by atoms with E-state index in [4.69, 9.17) is 0 Å². The van der Waals surface area contributed by atoms with Crippen LogP contribution in [0.3, 0.4) is 0 Å². The first-order valence-corrected chi connectivity index (χ1v) is 28.2. The molecule has 11 aromatic carbocycles. The summed E-state index contributed by atoms with van der Waals surface area (Å²) in [5.74, 6) is 0. The third-order valence-corrected chi connectivity index (χ3v) is 23.9. The van der Waals surface area contributed by atoms with Gasteiger partial charge in [0.2, 0.25) is 0 Å². The molecule has 12 aromatic rings. The van der Waals surface area contributed by atoms with Crippen molar-refractivity contribution in [3.63, 3.8) is 0 Å². The third kappa shape index (κ3) is 7.24. The molecule has 12 rings (SSSR count). The minimum atomic E-state index is -2.76. The number of hydrogen-bond donors (Lipinski definition) is 0. The molecule has 0 N–H and O–H groups in total. The lowest BCUT2D eigenvalue weighted by Gasteiger charge is -2.35. The Morgan fingerprint density at radius 1 is 0.229 bits per heavy atom. The SMILES string of the molecule is c1ccc(-n2c3ccccc3c3ccc(N(c4ccc([Si](c5ccccc5)(c5ccccc5)c5ccccc5)cc4)c4ccc([Si](c5ccccc5)(c5ccccc5)c5ccccc5)cc4)cc32)cc1. The fraction of sp³-hybridized carbons (Fsp3) is 0. The fourth-order valence-corrected chi connectivity index (χ4v) is 20.7. The van der Waals surface area contributed by atoms with Crippen molar-refractivity contribution in [2.24, 2.45) is 0 Å². The second-order valence-corrected chi connectivity index (χ2v) is 25.6. The molecule has 1 heterocycles. The molecule has 0 aliphatic carbocycles. The third-order valence-electron chi connectivity index (χ3n) is 14.3. The predicted octanol–water partition coefficient (Wildman–Crippen LogP) is 11.0. The van der Waals surface area contributed by atoms with Gasteiger partial charge in [0.1, 0.15) is 0 Å². The average Bonchev–Trinajstić information content (AvgIpc) is 3.78. The number of benzene rings is 11. The maximum Gasteiger partial charge on any atom is 0.179 e. The van der Waals surface area contributed by atoms with E-state index in [0.717, 1.165) is 28.3 Å². The standard InChI is InChI=1S/C66H50N2Si2/c1-8-24-51(25-9-1)68-65-39-23-22-38-63(65)64-49-44-54(50-66(64)68)67(52-40-45-61(46-41-52)69(55-26-10-2-11-27-55,56-28-12-3-13-29-56)57-30-14-4-15-31-57)53-42-47-62(48-43-53)70(58-32-16-5-17-33-58,59-34-18-6-19-35-59)60-36-20-7-21-37-60/h1-50H. The van der Waals surface area contributed by atoms with Crippen molar-refractivity contribution in [3.05, 3.63) is 303 Å². The van der Waals surface area contributed by atoms with Gasteiger partial charge in [-0.15, -0.1) is 0 Å². The van der Waals surface area contributed by atoms with Gasteiger partial charge in [-0.05, 0) is 96.1 Å². The zero-order chi connectivity index (χ0) is 46.7. The first kappa shape index (κ1) is 42.8. The molecular formula is C66H50N2Si2. The minimum absolute atomic E-state index is 1.09. The zero-order valence-corrected chi connectivity index (χ0v) is 40.8. The predicted molar refractivity (Wildman–Crippen MR) is 303 cm³/mol. The van der Waals surface area contributed by atoms with Crippen molar-refractivity contribution in [2.75, 3.05) is 4.90 Å².